The molecule has 8 heteroatoms. The Bertz CT molecular complexity index is 855. The van der Waals surface area contributed by atoms with Crippen LogP contribution in [0.1, 0.15) is 25.3 Å². The highest BCUT2D eigenvalue weighted by atomic mass is 16.7. The van der Waals surface area contributed by atoms with Crippen molar-refractivity contribution in [3.63, 3.8) is 0 Å². The fourth-order valence-corrected chi connectivity index (χ4v) is 4.38. The van der Waals surface area contributed by atoms with E-state index in [-0.39, 0.29) is 0 Å². The second-order valence-corrected chi connectivity index (χ2v) is 8.26. The number of anilines is 2. The van der Waals surface area contributed by atoms with E-state index in [0.29, 0.717) is 12.7 Å². The zero-order chi connectivity index (χ0) is 19.6. The number of rotatable bonds is 4. The largest absolute Gasteiger partial charge is 0.454 e. The van der Waals surface area contributed by atoms with Crippen LogP contribution < -0.4 is 19.3 Å². The van der Waals surface area contributed by atoms with Gasteiger partial charge in [0.2, 0.25) is 12.7 Å². The molecule has 2 saturated heterocycles. The minimum atomic E-state index is 0.322. The molecule has 3 aliphatic heterocycles. The highest BCUT2D eigenvalue weighted by Crippen LogP contribution is 2.33. The van der Waals surface area contributed by atoms with Crippen LogP contribution in [0.4, 0.5) is 11.8 Å². The SMILES string of the molecule is CC1CCCN(c2nncc(N3CCN(Cc4ccc5c(c4)OCO5)CC3)n2)C1. The van der Waals surface area contributed by atoms with Gasteiger partial charge in [-0.1, -0.05) is 13.0 Å². The minimum absolute atomic E-state index is 0.322. The van der Waals surface area contributed by atoms with Gasteiger partial charge in [-0.2, -0.15) is 10.1 Å². The first-order valence-corrected chi connectivity index (χ1v) is 10.5. The Balaban J connectivity index is 1.19. The number of ether oxygens (including phenoxy) is 2. The fraction of sp³-hybridized carbons (Fsp3) is 0.571. The molecule has 0 spiro atoms. The van der Waals surface area contributed by atoms with Crippen LogP contribution in [-0.2, 0) is 6.54 Å². The topological polar surface area (TPSA) is 66.9 Å². The highest BCUT2D eigenvalue weighted by molar-refractivity contribution is 5.45. The summed E-state index contributed by atoms with van der Waals surface area (Å²) in [6, 6.07) is 6.22. The number of nitrogens with zero attached hydrogens (tertiary/aromatic N) is 6. The molecule has 4 heterocycles. The van der Waals surface area contributed by atoms with Gasteiger partial charge in [0, 0.05) is 45.8 Å². The summed E-state index contributed by atoms with van der Waals surface area (Å²) >= 11 is 0. The zero-order valence-electron chi connectivity index (χ0n) is 17.0. The first-order chi connectivity index (χ1) is 14.2. The van der Waals surface area contributed by atoms with E-state index in [1.54, 1.807) is 6.20 Å². The van der Waals surface area contributed by atoms with E-state index in [1.165, 1.54) is 18.4 Å². The number of piperidine rings is 1. The molecule has 1 atom stereocenters. The molecule has 2 fully saturated rings. The standard InChI is InChI=1S/C21H28N6O2/c1-16-3-2-6-27(13-16)21-23-20(12-22-24-21)26-9-7-25(8-10-26)14-17-4-5-18-19(11-17)29-15-28-18/h4-5,11-12,16H,2-3,6-10,13-15H2,1H3. The maximum atomic E-state index is 5.50. The third-order valence-corrected chi connectivity index (χ3v) is 6.01. The molecular formula is C21H28N6O2. The van der Waals surface area contributed by atoms with Gasteiger partial charge >= 0.3 is 0 Å². The summed E-state index contributed by atoms with van der Waals surface area (Å²) in [4.78, 5) is 11.9. The van der Waals surface area contributed by atoms with Gasteiger partial charge in [-0.3, -0.25) is 4.90 Å². The second-order valence-electron chi connectivity index (χ2n) is 8.26. The predicted molar refractivity (Wildman–Crippen MR) is 110 cm³/mol. The van der Waals surface area contributed by atoms with Crippen molar-refractivity contribution in [3.05, 3.63) is 30.0 Å². The van der Waals surface area contributed by atoms with Crippen LogP contribution in [0.2, 0.25) is 0 Å². The Hall–Kier alpha value is -2.61. The van der Waals surface area contributed by atoms with Crippen molar-refractivity contribution >= 4 is 11.8 Å². The molecule has 0 saturated carbocycles. The van der Waals surface area contributed by atoms with Crippen molar-refractivity contribution in [2.75, 3.05) is 55.9 Å². The van der Waals surface area contributed by atoms with Crippen molar-refractivity contribution in [1.29, 1.82) is 0 Å². The first-order valence-electron chi connectivity index (χ1n) is 10.5. The molecule has 0 radical (unpaired) electrons. The normalized spacial score (nSPS) is 22.2. The summed E-state index contributed by atoms with van der Waals surface area (Å²) in [5.74, 6) is 4.10. The summed E-state index contributed by atoms with van der Waals surface area (Å²) in [5.41, 5.74) is 1.26. The van der Waals surface area contributed by atoms with Gasteiger partial charge < -0.3 is 19.3 Å². The maximum Gasteiger partial charge on any atom is 0.247 e. The van der Waals surface area contributed by atoms with E-state index in [1.807, 2.05) is 6.07 Å². The molecular weight excluding hydrogens is 368 g/mol. The number of aromatic nitrogens is 3. The van der Waals surface area contributed by atoms with Gasteiger partial charge in [0.05, 0.1) is 6.20 Å². The molecule has 8 nitrogen and oxygen atoms in total. The number of piperazine rings is 1. The molecule has 0 aliphatic carbocycles. The van der Waals surface area contributed by atoms with Crippen LogP contribution in [0.3, 0.4) is 0 Å². The smallest absolute Gasteiger partial charge is 0.247 e. The lowest BCUT2D eigenvalue weighted by Crippen LogP contribution is -2.46. The number of hydrogen-bond donors (Lipinski definition) is 0. The van der Waals surface area contributed by atoms with Gasteiger partial charge in [-0.15, -0.1) is 5.10 Å². The third-order valence-electron chi connectivity index (χ3n) is 6.01. The van der Waals surface area contributed by atoms with E-state index in [2.05, 4.69) is 44.0 Å². The molecule has 1 aromatic heterocycles. The Morgan fingerprint density at radius 1 is 1.03 bits per heavy atom. The summed E-state index contributed by atoms with van der Waals surface area (Å²) < 4.78 is 10.9. The van der Waals surface area contributed by atoms with Crippen LogP contribution in [0.15, 0.2) is 24.4 Å². The van der Waals surface area contributed by atoms with Gasteiger partial charge in [0.25, 0.3) is 0 Å². The van der Waals surface area contributed by atoms with Crippen LogP contribution >= 0.6 is 0 Å². The van der Waals surface area contributed by atoms with E-state index in [4.69, 9.17) is 14.5 Å². The molecule has 0 N–H and O–H groups in total. The molecule has 3 aliphatic rings. The Labute approximate surface area is 171 Å². The van der Waals surface area contributed by atoms with E-state index in [9.17, 15) is 0 Å². The van der Waals surface area contributed by atoms with Gasteiger partial charge in [0.15, 0.2) is 17.3 Å². The van der Waals surface area contributed by atoms with Crippen molar-refractivity contribution in [1.82, 2.24) is 20.1 Å². The van der Waals surface area contributed by atoms with Crippen LogP contribution in [0.25, 0.3) is 0 Å². The molecule has 29 heavy (non-hydrogen) atoms. The average Bonchev–Trinajstić information content (AvgIpc) is 3.22. The van der Waals surface area contributed by atoms with Gasteiger partial charge in [-0.25, -0.2) is 0 Å². The lowest BCUT2D eigenvalue weighted by atomic mass is 10.0. The number of fused-ring (bicyclic) bond motifs is 1. The number of benzene rings is 1. The lowest BCUT2D eigenvalue weighted by molar-refractivity contribution is 0.174. The van der Waals surface area contributed by atoms with E-state index < -0.39 is 0 Å². The third kappa shape index (κ3) is 4.07. The van der Waals surface area contributed by atoms with Crippen molar-refractivity contribution in [3.8, 4) is 11.5 Å². The Kier molecular flexibility index (Phi) is 5.10. The number of hydrogen-bond acceptors (Lipinski definition) is 8. The summed E-state index contributed by atoms with van der Waals surface area (Å²) in [7, 11) is 0. The lowest BCUT2D eigenvalue weighted by Gasteiger charge is -2.36. The van der Waals surface area contributed by atoms with Crippen molar-refractivity contribution < 1.29 is 9.47 Å². The highest BCUT2D eigenvalue weighted by Gasteiger charge is 2.23. The minimum Gasteiger partial charge on any atom is -0.454 e. The predicted octanol–water partition coefficient (Wildman–Crippen LogP) is 2.16. The summed E-state index contributed by atoms with van der Waals surface area (Å²) in [6.07, 6.45) is 4.28. The van der Waals surface area contributed by atoms with Crippen LogP contribution in [0, 0.1) is 5.92 Å². The summed E-state index contributed by atoms with van der Waals surface area (Å²) in [6.45, 7) is 9.46. The molecule has 2 aromatic rings. The van der Waals surface area contributed by atoms with Crippen LogP contribution in [0.5, 0.6) is 11.5 Å². The Morgan fingerprint density at radius 2 is 1.90 bits per heavy atom. The zero-order valence-corrected chi connectivity index (χ0v) is 17.0. The second kappa shape index (κ2) is 8.02. The van der Waals surface area contributed by atoms with Gasteiger partial charge in [-0.05, 0) is 36.5 Å². The molecule has 1 aromatic carbocycles. The Morgan fingerprint density at radius 3 is 2.76 bits per heavy atom. The van der Waals surface area contributed by atoms with E-state index in [0.717, 1.165) is 69.1 Å². The molecule has 1 unspecified atom stereocenters. The van der Waals surface area contributed by atoms with Crippen LogP contribution in [-0.4, -0.2) is 66.1 Å². The average molecular weight is 396 g/mol. The molecule has 5 rings (SSSR count). The fourth-order valence-electron chi connectivity index (χ4n) is 4.38. The van der Waals surface area contributed by atoms with E-state index >= 15 is 0 Å². The van der Waals surface area contributed by atoms with Crippen molar-refractivity contribution in [2.45, 2.75) is 26.3 Å². The first kappa shape index (κ1) is 18.4. The summed E-state index contributed by atoms with van der Waals surface area (Å²) in [5, 5.41) is 8.54. The van der Waals surface area contributed by atoms with Crippen molar-refractivity contribution in [2.24, 2.45) is 5.92 Å². The quantitative estimate of drug-likeness (QED) is 0.779. The maximum absolute atomic E-state index is 5.50. The van der Waals surface area contributed by atoms with Gasteiger partial charge in [0.1, 0.15) is 0 Å². The molecule has 0 amide bonds. The monoisotopic (exact) mass is 396 g/mol. The molecule has 154 valence electrons. The molecule has 0 bridgehead atoms.